The molecule has 0 heterocycles. The Morgan fingerprint density at radius 3 is 1.67 bits per heavy atom. The number of nitrogens with zero attached hydrogens (tertiary/aromatic N) is 1. The zero-order chi connectivity index (χ0) is 10.1. The van der Waals surface area contributed by atoms with Crippen LogP contribution in [0.5, 0.6) is 0 Å². The van der Waals surface area contributed by atoms with Crippen molar-refractivity contribution >= 4 is 17.6 Å². The fourth-order valence-corrected chi connectivity index (χ4v) is 0.194. The Balaban J connectivity index is 0. The first kappa shape index (κ1) is 13.0. The molecule has 0 radical (unpaired) electrons. The second-order valence-corrected chi connectivity index (χ2v) is 2.15. The van der Waals surface area contributed by atoms with Gasteiger partial charge in [-0.05, 0) is 13.8 Å². The van der Waals surface area contributed by atoms with Gasteiger partial charge >= 0.3 is 0 Å². The number of aliphatic imine (C=N–C) groups is 1. The first-order valence-corrected chi connectivity index (χ1v) is 3.25. The summed E-state index contributed by atoms with van der Waals surface area (Å²) in [5.41, 5.74) is 10.6. The van der Waals surface area contributed by atoms with Crippen molar-refractivity contribution in [1.29, 1.82) is 10.8 Å². The first-order chi connectivity index (χ1) is 5.40. The monoisotopic (exact) mass is 172 g/mol. The van der Waals surface area contributed by atoms with Gasteiger partial charge in [-0.3, -0.25) is 15.7 Å². The summed E-state index contributed by atoms with van der Waals surface area (Å²) in [6.07, 6.45) is 0. The minimum atomic E-state index is -0.201. The van der Waals surface area contributed by atoms with Crippen molar-refractivity contribution in [1.82, 2.24) is 5.32 Å². The predicted molar refractivity (Wildman–Crippen MR) is 51.7 cm³/mol. The van der Waals surface area contributed by atoms with E-state index in [1.807, 2.05) is 0 Å². The van der Waals surface area contributed by atoms with E-state index in [0.29, 0.717) is 5.71 Å². The highest BCUT2D eigenvalue weighted by molar-refractivity contribution is 5.95. The fraction of sp³-hybridized carbons (Fsp3) is 0.500. The zero-order valence-electron chi connectivity index (χ0n) is 7.60. The molecular formula is C6H16N6. The van der Waals surface area contributed by atoms with Crippen LogP contribution >= 0.6 is 0 Å². The Hall–Kier alpha value is -1.59. The van der Waals surface area contributed by atoms with Gasteiger partial charge in [0.2, 0.25) is 0 Å². The van der Waals surface area contributed by atoms with E-state index in [1.54, 1.807) is 13.8 Å². The van der Waals surface area contributed by atoms with Crippen LogP contribution in [0.15, 0.2) is 4.99 Å². The van der Waals surface area contributed by atoms with Crippen molar-refractivity contribution in [2.45, 2.75) is 13.8 Å². The van der Waals surface area contributed by atoms with Crippen molar-refractivity contribution in [3.05, 3.63) is 0 Å². The zero-order valence-corrected chi connectivity index (χ0v) is 7.60. The van der Waals surface area contributed by atoms with Crippen LogP contribution in [0.3, 0.4) is 0 Å². The van der Waals surface area contributed by atoms with E-state index in [9.17, 15) is 0 Å². The van der Waals surface area contributed by atoms with Crippen LogP contribution in [-0.2, 0) is 0 Å². The maximum absolute atomic E-state index is 6.63. The average Bonchev–Trinajstić information content (AvgIpc) is 1.84. The maximum atomic E-state index is 6.63. The van der Waals surface area contributed by atoms with Gasteiger partial charge in [-0.1, -0.05) is 0 Å². The molecule has 0 spiro atoms. The molecule has 0 bridgehead atoms. The lowest BCUT2D eigenvalue weighted by Crippen LogP contribution is -2.40. The predicted octanol–water partition coefficient (Wildman–Crippen LogP) is -0.540. The molecule has 6 nitrogen and oxygen atoms in total. The molecule has 0 aliphatic carbocycles. The molecule has 70 valence electrons. The molecule has 6 heteroatoms. The topological polar surface area (TPSA) is 124 Å². The minimum Gasteiger partial charge on any atom is -0.370 e. The van der Waals surface area contributed by atoms with E-state index in [0.717, 1.165) is 0 Å². The summed E-state index contributed by atoms with van der Waals surface area (Å²) in [7, 11) is 1.51. The molecule has 0 atom stereocenters. The summed E-state index contributed by atoms with van der Waals surface area (Å²) in [6.45, 7) is 3.50. The van der Waals surface area contributed by atoms with Gasteiger partial charge in [0.15, 0.2) is 11.9 Å². The Morgan fingerprint density at radius 2 is 1.58 bits per heavy atom. The molecule has 0 rings (SSSR count). The molecule has 0 saturated carbocycles. The van der Waals surface area contributed by atoms with Gasteiger partial charge in [-0.25, -0.2) is 0 Å². The van der Waals surface area contributed by atoms with E-state index in [2.05, 4.69) is 10.3 Å². The standard InChI is InChI=1S/C3H9N5.C3H7N/c1-7-3(6)8-2(4)5;1-3(2)4/h1H3,(H6,4,5,6,7,8);4H,1-2H3. The molecule has 0 aromatic heterocycles. The Bertz CT molecular complexity index is 178. The van der Waals surface area contributed by atoms with Crippen LogP contribution in [-0.4, -0.2) is 24.7 Å². The molecule has 0 amide bonds. The highest BCUT2D eigenvalue weighted by Crippen LogP contribution is 1.54. The van der Waals surface area contributed by atoms with Crippen LogP contribution < -0.4 is 16.8 Å². The van der Waals surface area contributed by atoms with Crippen LogP contribution in [0.2, 0.25) is 0 Å². The largest absolute Gasteiger partial charge is 0.370 e. The van der Waals surface area contributed by atoms with Gasteiger partial charge in [0.1, 0.15) is 0 Å². The van der Waals surface area contributed by atoms with E-state index < -0.39 is 0 Å². The summed E-state index contributed by atoms with van der Waals surface area (Å²) in [4.78, 5) is 3.49. The normalized spacial score (nSPS) is 9.42. The molecule has 0 unspecified atom stereocenters. The van der Waals surface area contributed by atoms with Gasteiger partial charge in [0.25, 0.3) is 0 Å². The molecule has 0 saturated heterocycles. The maximum Gasteiger partial charge on any atom is 0.195 e. The SMILES string of the molecule is CC(C)=N.CN=C(N)NC(=N)N. The van der Waals surface area contributed by atoms with Crippen LogP contribution in [0.1, 0.15) is 13.8 Å². The van der Waals surface area contributed by atoms with Crippen molar-refractivity contribution < 1.29 is 0 Å². The molecule has 7 N–H and O–H groups in total. The lowest BCUT2D eigenvalue weighted by molar-refractivity contribution is 1.19. The Labute approximate surface area is 72.1 Å². The van der Waals surface area contributed by atoms with Crippen molar-refractivity contribution in [2.75, 3.05) is 7.05 Å². The van der Waals surface area contributed by atoms with Gasteiger partial charge < -0.3 is 16.9 Å². The average molecular weight is 172 g/mol. The van der Waals surface area contributed by atoms with Gasteiger partial charge in [0, 0.05) is 12.8 Å². The van der Waals surface area contributed by atoms with E-state index in [-0.39, 0.29) is 11.9 Å². The summed E-state index contributed by atoms with van der Waals surface area (Å²) in [5.74, 6) is -0.0504. The first-order valence-electron chi connectivity index (χ1n) is 3.25. The molecule has 0 aromatic rings. The lowest BCUT2D eigenvalue weighted by atomic mass is 10.5. The molecule has 0 aliphatic heterocycles. The molecule has 0 aromatic carbocycles. The second kappa shape index (κ2) is 7.52. The highest BCUT2D eigenvalue weighted by Gasteiger charge is 1.86. The number of hydrogen-bond donors (Lipinski definition) is 5. The summed E-state index contributed by atoms with van der Waals surface area (Å²) >= 11 is 0. The van der Waals surface area contributed by atoms with Crippen molar-refractivity contribution in [2.24, 2.45) is 16.5 Å². The smallest absolute Gasteiger partial charge is 0.195 e. The third-order valence-electron chi connectivity index (χ3n) is 0.504. The second-order valence-electron chi connectivity index (χ2n) is 2.15. The number of rotatable bonds is 0. The van der Waals surface area contributed by atoms with Crippen molar-refractivity contribution in [3.8, 4) is 0 Å². The Kier molecular flexibility index (Phi) is 8.16. The molecule has 0 fully saturated rings. The quantitative estimate of drug-likeness (QED) is 0.249. The number of nitrogens with one attached hydrogen (secondary N) is 3. The number of guanidine groups is 2. The number of nitrogens with two attached hydrogens (primary N) is 2. The van der Waals surface area contributed by atoms with E-state index in [1.165, 1.54) is 7.05 Å². The number of hydrogen-bond acceptors (Lipinski definition) is 3. The third kappa shape index (κ3) is 23.7. The fourth-order valence-electron chi connectivity index (χ4n) is 0.194. The third-order valence-corrected chi connectivity index (χ3v) is 0.504. The van der Waals surface area contributed by atoms with E-state index in [4.69, 9.17) is 22.3 Å². The highest BCUT2D eigenvalue weighted by atomic mass is 15.2. The summed E-state index contributed by atoms with van der Waals surface area (Å²) in [5, 5.41) is 15.4. The molecule has 12 heavy (non-hydrogen) atoms. The van der Waals surface area contributed by atoms with Gasteiger partial charge in [-0.15, -0.1) is 0 Å². The summed E-state index contributed by atoms with van der Waals surface area (Å²) in [6, 6.07) is 0. The van der Waals surface area contributed by atoms with E-state index >= 15 is 0 Å². The lowest BCUT2D eigenvalue weighted by Gasteiger charge is -1.97. The van der Waals surface area contributed by atoms with Gasteiger partial charge in [-0.2, -0.15) is 0 Å². The minimum absolute atomic E-state index is 0.150. The van der Waals surface area contributed by atoms with Crippen LogP contribution in [0, 0.1) is 10.8 Å². The van der Waals surface area contributed by atoms with Crippen molar-refractivity contribution in [3.63, 3.8) is 0 Å². The Morgan fingerprint density at radius 1 is 1.25 bits per heavy atom. The van der Waals surface area contributed by atoms with Crippen LogP contribution in [0.25, 0.3) is 0 Å². The summed E-state index contributed by atoms with van der Waals surface area (Å²) < 4.78 is 0. The van der Waals surface area contributed by atoms with Gasteiger partial charge in [0.05, 0.1) is 0 Å². The van der Waals surface area contributed by atoms with Crippen LogP contribution in [0.4, 0.5) is 0 Å². The molecule has 0 aliphatic rings. The molecular weight excluding hydrogens is 156 g/mol.